The molecule has 0 spiro atoms. The lowest BCUT2D eigenvalue weighted by molar-refractivity contribution is 0.340. The van der Waals surface area contributed by atoms with Gasteiger partial charge in [0.25, 0.3) is 0 Å². The Kier molecular flexibility index (Phi) is 9.27. The van der Waals surface area contributed by atoms with Crippen molar-refractivity contribution in [2.45, 2.75) is 63.3 Å². The highest BCUT2D eigenvalue weighted by molar-refractivity contribution is 7.89. The van der Waals surface area contributed by atoms with E-state index in [4.69, 9.17) is 0 Å². The molecule has 0 saturated heterocycles. The molecule has 1 aromatic carbocycles. The molecule has 0 bridgehead atoms. The number of hydrogen-bond acceptors (Lipinski definition) is 3. The average Bonchev–Trinajstić information content (AvgIpc) is 2.52. The number of sulfonamides is 1. The summed E-state index contributed by atoms with van der Waals surface area (Å²) in [6.45, 7) is 5.80. The zero-order chi connectivity index (χ0) is 16.7. The van der Waals surface area contributed by atoms with E-state index in [0.29, 0.717) is 4.90 Å². The lowest BCUT2D eigenvalue weighted by Gasteiger charge is -2.22. The molecule has 0 aliphatic heterocycles. The van der Waals surface area contributed by atoms with Crippen LogP contribution in [-0.2, 0) is 10.0 Å². The molecule has 24 heavy (non-hydrogen) atoms. The Hall–Kier alpha value is -0.620. The van der Waals surface area contributed by atoms with Gasteiger partial charge in [0.05, 0.1) is 4.90 Å². The highest BCUT2D eigenvalue weighted by Gasteiger charge is 2.17. The van der Waals surface area contributed by atoms with Crippen LogP contribution in [0.3, 0.4) is 0 Å². The molecule has 2 N–H and O–H groups in total. The third-order valence-corrected chi connectivity index (χ3v) is 6.20. The van der Waals surface area contributed by atoms with Gasteiger partial charge in [-0.25, -0.2) is 13.1 Å². The van der Waals surface area contributed by atoms with Crippen LogP contribution in [0.15, 0.2) is 29.2 Å². The second kappa shape index (κ2) is 10.4. The Morgan fingerprint density at radius 2 is 1.75 bits per heavy atom. The Morgan fingerprint density at radius 3 is 2.38 bits per heavy atom. The summed E-state index contributed by atoms with van der Waals surface area (Å²) in [6, 6.07) is 6.90. The molecule has 0 aromatic heterocycles. The molecule has 0 heterocycles. The van der Waals surface area contributed by atoms with Crippen molar-refractivity contribution >= 4 is 22.4 Å². The lowest BCUT2D eigenvalue weighted by atomic mass is 9.89. The molecule has 2 rings (SSSR count). The fourth-order valence-electron chi connectivity index (χ4n) is 3.13. The van der Waals surface area contributed by atoms with Crippen molar-refractivity contribution in [3.05, 3.63) is 29.8 Å². The number of aryl methyl sites for hydroxylation is 1. The standard InChI is InChI=1S/C18H30N2O2S.ClH/c1-15-8-10-18(11-9-15)23(21,22)20-16(2)12-13-19-14-17-6-4-3-5-7-17;/h8-11,16-17,19-20H,3-7,12-14H2,1-2H3;1H. The van der Waals surface area contributed by atoms with E-state index in [1.165, 1.54) is 32.1 Å². The zero-order valence-corrected chi connectivity index (χ0v) is 16.4. The lowest BCUT2D eigenvalue weighted by Crippen LogP contribution is -2.35. The first-order valence-corrected chi connectivity index (χ1v) is 10.3. The van der Waals surface area contributed by atoms with E-state index >= 15 is 0 Å². The first-order valence-electron chi connectivity index (χ1n) is 8.77. The summed E-state index contributed by atoms with van der Waals surface area (Å²) in [6.07, 6.45) is 7.58. The number of halogens is 1. The summed E-state index contributed by atoms with van der Waals surface area (Å²) in [4.78, 5) is 0.338. The van der Waals surface area contributed by atoms with Gasteiger partial charge in [-0.1, -0.05) is 37.0 Å². The summed E-state index contributed by atoms with van der Waals surface area (Å²) < 4.78 is 27.4. The van der Waals surface area contributed by atoms with E-state index in [9.17, 15) is 8.42 Å². The maximum Gasteiger partial charge on any atom is 0.240 e. The predicted molar refractivity (Wildman–Crippen MR) is 102 cm³/mol. The fraction of sp³-hybridized carbons (Fsp3) is 0.667. The molecule has 1 fully saturated rings. The van der Waals surface area contributed by atoms with Gasteiger partial charge in [0.1, 0.15) is 0 Å². The van der Waals surface area contributed by atoms with Crippen LogP contribution in [-0.4, -0.2) is 27.5 Å². The second-order valence-corrected chi connectivity index (χ2v) is 8.55. The van der Waals surface area contributed by atoms with Crippen molar-refractivity contribution in [3.8, 4) is 0 Å². The van der Waals surface area contributed by atoms with Crippen molar-refractivity contribution in [1.29, 1.82) is 0 Å². The Labute approximate surface area is 153 Å². The third-order valence-electron chi connectivity index (χ3n) is 4.60. The fourth-order valence-corrected chi connectivity index (χ4v) is 4.40. The van der Waals surface area contributed by atoms with E-state index in [1.807, 2.05) is 26.0 Å². The van der Waals surface area contributed by atoms with E-state index < -0.39 is 10.0 Å². The van der Waals surface area contributed by atoms with Gasteiger partial charge in [0.15, 0.2) is 0 Å². The molecular weight excluding hydrogens is 344 g/mol. The zero-order valence-electron chi connectivity index (χ0n) is 14.8. The topological polar surface area (TPSA) is 58.2 Å². The molecule has 4 nitrogen and oxygen atoms in total. The summed E-state index contributed by atoms with van der Waals surface area (Å²) in [7, 11) is -3.41. The number of hydrogen-bond donors (Lipinski definition) is 2. The summed E-state index contributed by atoms with van der Waals surface area (Å²) in [5.74, 6) is 0.809. The van der Waals surface area contributed by atoms with Gasteiger partial charge in [-0.15, -0.1) is 12.4 Å². The van der Waals surface area contributed by atoms with E-state index in [2.05, 4.69) is 10.0 Å². The molecule has 1 aliphatic rings. The van der Waals surface area contributed by atoms with Crippen LogP contribution in [0.2, 0.25) is 0 Å². The van der Waals surface area contributed by atoms with Gasteiger partial charge >= 0.3 is 0 Å². The van der Waals surface area contributed by atoms with Crippen molar-refractivity contribution in [2.24, 2.45) is 5.92 Å². The summed E-state index contributed by atoms with van der Waals surface area (Å²) >= 11 is 0. The van der Waals surface area contributed by atoms with Crippen molar-refractivity contribution < 1.29 is 8.42 Å². The maximum atomic E-state index is 12.3. The number of nitrogens with one attached hydrogen (secondary N) is 2. The molecule has 1 saturated carbocycles. The molecule has 6 heteroatoms. The summed E-state index contributed by atoms with van der Waals surface area (Å²) in [5.41, 5.74) is 1.06. The van der Waals surface area contributed by atoms with Crippen LogP contribution in [0.5, 0.6) is 0 Å². The molecule has 1 aliphatic carbocycles. The number of rotatable bonds is 8. The Balaban J connectivity index is 0.00000288. The van der Waals surface area contributed by atoms with Crippen LogP contribution in [0.1, 0.15) is 51.0 Å². The van der Waals surface area contributed by atoms with Gasteiger partial charge in [-0.3, -0.25) is 0 Å². The van der Waals surface area contributed by atoms with Crippen LogP contribution < -0.4 is 10.0 Å². The molecule has 0 amide bonds. The molecular formula is C18H31ClN2O2S. The van der Waals surface area contributed by atoms with Crippen molar-refractivity contribution in [1.82, 2.24) is 10.0 Å². The van der Waals surface area contributed by atoms with Gasteiger partial charge < -0.3 is 5.32 Å². The molecule has 1 unspecified atom stereocenters. The van der Waals surface area contributed by atoms with Crippen molar-refractivity contribution in [3.63, 3.8) is 0 Å². The van der Waals surface area contributed by atoms with Gasteiger partial charge in [-0.05, 0) is 64.3 Å². The first kappa shape index (κ1) is 21.4. The predicted octanol–water partition coefficient (Wildman–Crippen LogP) is 3.64. The largest absolute Gasteiger partial charge is 0.316 e. The number of benzene rings is 1. The molecule has 138 valence electrons. The SMILES string of the molecule is Cc1ccc(S(=O)(=O)NC(C)CCNCC2CCCCC2)cc1.Cl. The Bertz CT molecular complexity index is 569. The quantitative estimate of drug-likeness (QED) is 0.683. The maximum absolute atomic E-state index is 12.3. The summed E-state index contributed by atoms with van der Waals surface area (Å²) in [5, 5.41) is 3.48. The third kappa shape index (κ3) is 7.09. The van der Waals surface area contributed by atoms with Crippen LogP contribution >= 0.6 is 12.4 Å². The minimum atomic E-state index is -3.41. The molecule has 0 radical (unpaired) electrons. The van der Waals surface area contributed by atoms with Crippen LogP contribution in [0.25, 0.3) is 0 Å². The van der Waals surface area contributed by atoms with Crippen LogP contribution in [0, 0.1) is 12.8 Å². The highest BCUT2D eigenvalue weighted by Crippen LogP contribution is 2.22. The molecule has 1 aromatic rings. The van der Waals surface area contributed by atoms with Crippen LogP contribution in [0.4, 0.5) is 0 Å². The normalized spacial score (nSPS) is 17.2. The Morgan fingerprint density at radius 1 is 1.12 bits per heavy atom. The molecule has 1 atom stereocenters. The minimum Gasteiger partial charge on any atom is -0.316 e. The smallest absolute Gasteiger partial charge is 0.240 e. The average molecular weight is 375 g/mol. The van der Waals surface area contributed by atoms with E-state index in [0.717, 1.165) is 31.0 Å². The van der Waals surface area contributed by atoms with E-state index in [-0.39, 0.29) is 18.4 Å². The van der Waals surface area contributed by atoms with E-state index in [1.54, 1.807) is 12.1 Å². The monoisotopic (exact) mass is 374 g/mol. The van der Waals surface area contributed by atoms with Gasteiger partial charge in [-0.2, -0.15) is 0 Å². The highest BCUT2D eigenvalue weighted by atomic mass is 35.5. The van der Waals surface area contributed by atoms with Crippen molar-refractivity contribution in [2.75, 3.05) is 13.1 Å². The first-order chi connectivity index (χ1) is 11.0. The minimum absolute atomic E-state index is 0. The van der Waals surface area contributed by atoms with Gasteiger partial charge in [0.2, 0.25) is 10.0 Å². The second-order valence-electron chi connectivity index (χ2n) is 6.83. The van der Waals surface area contributed by atoms with Gasteiger partial charge in [0, 0.05) is 6.04 Å².